The van der Waals surface area contributed by atoms with Gasteiger partial charge in [-0.05, 0) is 25.3 Å². The average Bonchev–Trinajstić information content (AvgIpc) is 3.17. The zero-order valence-corrected chi connectivity index (χ0v) is 15.6. The third kappa shape index (κ3) is 3.45. The highest BCUT2D eigenvalue weighted by atomic mass is 32.2. The molecule has 1 aliphatic rings. The number of thiophene rings is 1. The number of nitrogens with zero attached hydrogens (tertiary/aromatic N) is 5. The van der Waals surface area contributed by atoms with E-state index in [0.717, 1.165) is 0 Å². The first kappa shape index (κ1) is 18.0. The number of rotatable bonds is 5. The molecule has 0 radical (unpaired) electrons. The predicted octanol–water partition coefficient (Wildman–Crippen LogP) is 1.43. The van der Waals surface area contributed by atoms with Gasteiger partial charge in [0.1, 0.15) is 15.6 Å². The van der Waals surface area contributed by atoms with E-state index in [1.165, 1.54) is 15.6 Å². The summed E-state index contributed by atoms with van der Waals surface area (Å²) in [6.07, 6.45) is 0. The molecule has 136 valence electrons. The van der Waals surface area contributed by atoms with Gasteiger partial charge in [-0.2, -0.15) is 9.40 Å². The summed E-state index contributed by atoms with van der Waals surface area (Å²) in [6.45, 7) is 5.59. The minimum Gasteiger partial charge on any atom is -0.282 e. The standard InChI is InChI=1S/C14H19N5O4S2/c1-11-14(19(20)21)12(2)18(15-11)10-16-5-7-17(8-6-16)25(22,23)13-4-3-9-24-13/h3-4,9H,5-8,10H2,1-2H3. The second-order valence-corrected chi connectivity index (χ2v) is 8.98. The molecule has 0 bridgehead atoms. The van der Waals surface area contributed by atoms with Crippen molar-refractivity contribution in [1.82, 2.24) is 19.0 Å². The van der Waals surface area contributed by atoms with Crippen LogP contribution >= 0.6 is 11.3 Å². The van der Waals surface area contributed by atoms with Crippen LogP contribution in [0.25, 0.3) is 0 Å². The van der Waals surface area contributed by atoms with Crippen LogP contribution in [-0.4, -0.2) is 58.5 Å². The Labute approximate surface area is 149 Å². The van der Waals surface area contributed by atoms with Crippen LogP contribution in [0.5, 0.6) is 0 Å². The number of piperazine rings is 1. The van der Waals surface area contributed by atoms with Gasteiger partial charge in [0.15, 0.2) is 0 Å². The number of hydrogen-bond acceptors (Lipinski definition) is 7. The first-order chi connectivity index (χ1) is 11.8. The van der Waals surface area contributed by atoms with Gasteiger partial charge in [-0.15, -0.1) is 11.3 Å². The largest absolute Gasteiger partial charge is 0.312 e. The molecule has 0 unspecified atom stereocenters. The van der Waals surface area contributed by atoms with Crippen LogP contribution in [-0.2, 0) is 16.7 Å². The van der Waals surface area contributed by atoms with Crippen LogP contribution in [0.15, 0.2) is 21.7 Å². The topological polar surface area (TPSA) is 102 Å². The Balaban J connectivity index is 1.66. The van der Waals surface area contributed by atoms with Crippen molar-refractivity contribution in [2.24, 2.45) is 0 Å². The summed E-state index contributed by atoms with van der Waals surface area (Å²) in [6, 6.07) is 3.34. The van der Waals surface area contributed by atoms with E-state index < -0.39 is 14.9 Å². The highest BCUT2D eigenvalue weighted by Gasteiger charge is 2.30. The van der Waals surface area contributed by atoms with Crippen LogP contribution in [0.1, 0.15) is 11.4 Å². The van der Waals surface area contributed by atoms with Gasteiger partial charge in [-0.25, -0.2) is 13.1 Å². The fourth-order valence-electron chi connectivity index (χ4n) is 2.93. The molecule has 0 aromatic carbocycles. The lowest BCUT2D eigenvalue weighted by Gasteiger charge is -2.33. The van der Waals surface area contributed by atoms with Gasteiger partial charge in [0, 0.05) is 26.2 Å². The van der Waals surface area contributed by atoms with Gasteiger partial charge < -0.3 is 0 Å². The first-order valence-electron chi connectivity index (χ1n) is 7.75. The van der Waals surface area contributed by atoms with Crippen LogP contribution in [0, 0.1) is 24.0 Å². The third-order valence-electron chi connectivity index (χ3n) is 4.28. The second kappa shape index (κ2) is 6.83. The summed E-state index contributed by atoms with van der Waals surface area (Å²) in [5.74, 6) is 0. The molecule has 3 rings (SSSR count). The van der Waals surface area contributed by atoms with Gasteiger partial charge in [0.05, 0.1) is 11.6 Å². The third-order valence-corrected chi connectivity index (χ3v) is 7.55. The molecule has 0 aliphatic carbocycles. The molecule has 0 saturated carbocycles. The molecule has 1 fully saturated rings. The van der Waals surface area contributed by atoms with Gasteiger partial charge in [-0.1, -0.05) is 6.07 Å². The number of aryl methyl sites for hydroxylation is 1. The van der Waals surface area contributed by atoms with Crippen LogP contribution < -0.4 is 0 Å². The number of aromatic nitrogens is 2. The Kier molecular flexibility index (Phi) is 4.91. The molecule has 1 aliphatic heterocycles. The van der Waals surface area contributed by atoms with Gasteiger partial charge >= 0.3 is 5.69 Å². The molecule has 9 nitrogen and oxygen atoms in total. The maximum absolute atomic E-state index is 12.5. The highest BCUT2D eigenvalue weighted by molar-refractivity contribution is 7.91. The van der Waals surface area contributed by atoms with Gasteiger partial charge in [-0.3, -0.25) is 15.0 Å². The summed E-state index contributed by atoms with van der Waals surface area (Å²) in [4.78, 5) is 12.7. The van der Waals surface area contributed by atoms with E-state index in [-0.39, 0.29) is 5.69 Å². The molecule has 2 aromatic heterocycles. The molecule has 25 heavy (non-hydrogen) atoms. The zero-order valence-electron chi connectivity index (χ0n) is 14.0. The highest BCUT2D eigenvalue weighted by Crippen LogP contribution is 2.24. The van der Waals surface area contributed by atoms with E-state index in [0.29, 0.717) is 48.4 Å². The smallest absolute Gasteiger partial charge is 0.282 e. The fourth-order valence-corrected chi connectivity index (χ4v) is 5.49. The Morgan fingerprint density at radius 1 is 1.28 bits per heavy atom. The van der Waals surface area contributed by atoms with Crippen LogP contribution in [0.3, 0.4) is 0 Å². The monoisotopic (exact) mass is 385 g/mol. The second-order valence-electron chi connectivity index (χ2n) is 5.87. The molecule has 0 atom stereocenters. The van der Waals surface area contributed by atoms with Crippen molar-refractivity contribution in [3.63, 3.8) is 0 Å². The average molecular weight is 385 g/mol. The van der Waals surface area contributed by atoms with Crippen molar-refractivity contribution in [3.05, 3.63) is 39.0 Å². The van der Waals surface area contributed by atoms with Crippen molar-refractivity contribution >= 4 is 27.0 Å². The lowest BCUT2D eigenvalue weighted by molar-refractivity contribution is -0.386. The van der Waals surface area contributed by atoms with Crippen molar-refractivity contribution in [1.29, 1.82) is 0 Å². The molecule has 0 amide bonds. The molecule has 3 heterocycles. The lowest BCUT2D eigenvalue weighted by Crippen LogP contribution is -2.48. The minimum atomic E-state index is -3.42. The predicted molar refractivity (Wildman–Crippen MR) is 93.0 cm³/mol. The summed E-state index contributed by atoms with van der Waals surface area (Å²) in [7, 11) is -3.42. The van der Waals surface area contributed by atoms with Crippen molar-refractivity contribution < 1.29 is 13.3 Å². The summed E-state index contributed by atoms with van der Waals surface area (Å²) in [5, 5.41) is 17.1. The van der Waals surface area contributed by atoms with E-state index in [9.17, 15) is 18.5 Å². The van der Waals surface area contributed by atoms with E-state index >= 15 is 0 Å². The first-order valence-corrected chi connectivity index (χ1v) is 10.1. The number of sulfonamides is 1. The van der Waals surface area contributed by atoms with Crippen LogP contribution in [0.4, 0.5) is 5.69 Å². The Morgan fingerprint density at radius 3 is 2.48 bits per heavy atom. The maximum Gasteiger partial charge on any atom is 0.312 e. The molecular formula is C14H19N5O4S2. The maximum atomic E-state index is 12.5. The van der Waals surface area contributed by atoms with E-state index in [1.807, 2.05) is 4.90 Å². The quantitative estimate of drug-likeness (QED) is 0.570. The molecular weight excluding hydrogens is 366 g/mol. The van der Waals surface area contributed by atoms with Crippen molar-refractivity contribution in [3.8, 4) is 0 Å². The SMILES string of the molecule is Cc1nn(CN2CCN(S(=O)(=O)c3cccs3)CC2)c(C)c1[N+](=O)[O-]. The number of nitro groups is 1. The molecule has 11 heteroatoms. The van der Waals surface area contributed by atoms with E-state index in [2.05, 4.69) is 5.10 Å². The Morgan fingerprint density at radius 2 is 1.96 bits per heavy atom. The normalized spacial score (nSPS) is 17.0. The summed E-state index contributed by atoms with van der Waals surface area (Å²) < 4.78 is 28.5. The van der Waals surface area contributed by atoms with Gasteiger partial charge in [0.25, 0.3) is 10.0 Å². The number of hydrogen-bond donors (Lipinski definition) is 0. The summed E-state index contributed by atoms with van der Waals surface area (Å²) >= 11 is 1.21. The Hall–Kier alpha value is -1.82. The van der Waals surface area contributed by atoms with Crippen LogP contribution in [0.2, 0.25) is 0 Å². The molecule has 2 aromatic rings. The fraction of sp³-hybridized carbons (Fsp3) is 0.500. The van der Waals surface area contributed by atoms with Crippen molar-refractivity contribution in [2.75, 3.05) is 26.2 Å². The van der Waals surface area contributed by atoms with Gasteiger partial charge in [0.2, 0.25) is 0 Å². The molecule has 1 saturated heterocycles. The summed E-state index contributed by atoms with van der Waals surface area (Å²) in [5.41, 5.74) is 0.941. The molecule has 0 spiro atoms. The lowest BCUT2D eigenvalue weighted by atomic mass is 10.3. The Bertz CT molecular complexity index is 867. The molecule has 0 N–H and O–H groups in total. The van der Waals surface area contributed by atoms with E-state index in [1.54, 1.807) is 36.0 Å². The minimum absolute atomic E-state index is 0.0407. The zero-order chi connectivity index (χ0) is 18.2. The van der Waals surface area contributed by atoms with Crippen molar-refractivity contribution in [2.45, 2.75) is 24.7 Å². The van der Waals surface area contributed by atoms with E-state index in [4.69, 9.17) is 0 Å².